The van der Waals surface area contributed by atoms with E-state index in [9.17, 15) is 23.2 Å². The Morgan fingerprint density at radius 1 is 1.27 bits per heavy atom. The predicted octanol–water partition coefficient (Wildman–Crippen LogP) is 5.71. The summed E-state index contributed by atoms with van der Waals surface area (Å²) in [7, 11) is 1.49. The van der Waals surface area contributed by atoms with Gasteiger partial charge in [0.05, 0.1) is 24.1 Å². The molecule has 0 spiro atoms. The average Bonchev–Trinajstić information content (AvgIpc) is 3.10. The van der Waals surface area contributed by atoms with Gasteiger partial charge in [-0.05, 0) is 49.2 Å². The molecule has 33 heavy (non-hydrogen) atoms. The lowest BCUT2D eigenvalue weighted by molar-refractivity contribution is -0.141. The lowest BCUT2D eigenvalue weighted by atomic mass is 10.1. The van der Waals surface area contributed by atoms with Crippen LogP contribution < -0.4 is 10.1 Å². The number of benzene rings is 1. The number of alkyl halides is 3. The maximum absolute atomic E-state index is 13.4. The zero-order valence-electron chi connectivity index (χ0n) is 17.9. The van der Waals surface area contributed by atoms with E-state index in [2.05, 4.69) is 21.4 Å². The molecular weight excluding hydrogens is 473 g/mol. The summed E-state index contributed by atoms with van der Waals surface area (Å²) in [6.07, 6.45) is -4.02. The summed E-state index contributed by atoms with van der Waals surface area (Å²) in [6.45, 7) is 3.79. The van der Waals surface area contributed by atoms with Crippen LogP contribution in [-0.4, -0.2) is 28.7 Å². The van der Waals surface area contributed by atoms with Gasteiger partial charge < -0.3 is 10.1 Å². The van der Waals surface area contributed by atoms with Gasteiger partial charge in [0, 0.05) is 10.4 Å². The third kappa shape index (κ3) is 5.83. The Balaban J connectivity index is 1.81. The molecule has 2 aromatic heterocycles. The first kappa shape index (κ1) is 24.5. The number of carbonyl (C=O) groups is 1. The van der Waals surface area contributed by atoms with Gasteiger partial charge in [0.25, 0.3) is 0 Å². The van der Waals surface area contributed by atoms with E-state index in [1.165, 1.54) is 18.4 Å². The first-order chi connectivity index (χ1) is 15.7. The van der Waals surface area contributed by atoms with Crippen LogP contribution in [0.2, 0.25) is 0 Å². The molecule has 0 atom stereocenters. The highest BCUT2D eigenvalue weighted by Crippen LogP contribution is 2.34. The maximum Gasteiger partial charge on any atom is 0.433 e. The highest BCUT2D eigenvalue weighted by Gasteiger charge is 2.34. The number of halogens is 3. The zero-order chi connectivity index (χ0) is 24.2. The Hall–Kier alpha value is -3.10. The van der Waals surface area contributed by atoms with Crippen LogP contribution in [0.15, 0.2) is 35.5 Å². The first-order valence-corrected chi connectivity index (χ1v) is 11.5. The van der Waals surface area contributed by atoms with Crippen LogP contribution in [0.4, 0.5) is 18.2 Å². The standard InChI is InChI=1S/C22H19F3N4O2S2/c1-4-15-12(2)33-20(16(15)10-26)29-19(30)11-32-21-27-17(9-18(28-21)22(23,24)25)13-5-7-14(31-3)8-6-13/h5-9H,4,11H2,1-3H3,(H,29,30). The average molecular weight is 493 g/mol. The van der Waals surface area contributed by atoms with Crippen molar-refractivity contribution >= 4 is 34.0 Å². The predicted molar refractivity (Wildman–Crippen MR) is 122 cm³/mol. The fraction of sp³-hybridized carbons (Fsp3) is 0.273. The topological polar surface area (TPSA) is 87.9 Å². The number of amides is 1. The van der Waals surface area contributed by atoms with Gasteiger partial charge in [-0.1, -0.05) is 18.7 Å². The number of nitriles is 1. The van der Waals surface area contributed by atoms with Crippen molar-refractivity contribution < 1.29 is 22.7 Å². The van der Waals surface area contributed by atoms with E-state index in [4.69, 9.17) is 4.74 Å². The van der Waals surface area contributed by atoms with Gasteiger partial charge in [0.15, 0.2) is 5.16 Å². The van der Waals surface area contributed by atoms with Crippen LogP contribution in [0.3, 0.4) is 0 Å². The fourth-order valence-electron chi connectivity index (χ4n) is 3.05. The molecule has 0 aliphatic rings. The molecule has 0 unspecified atom stereocenters. The van der Waals surface area contributed by atoms with Crippen LogP contribution in [-0.2, 0) is 17.4 Å². The van der Waals surface area contributed by atoms with Crippen molar-refractivity contribution in [1.82, 2.24) is 9.97 Å². The van der Waals surface area contributed by atoms with Crippen molar-refractivity contribution in [1.29, 1.82) is 5.26 Å². The molecule has 0 aliphatic heterocycles. The van der Waals surface area contributed by atoms with Crippen LogP contribution >= 0.6 is 23.1 Å². The second-order valence-electron chi connectivity index (χ2n) is 6.79. The number of methoxy groups -OCH3 is 1. The number of ether oxygens (including phenoxy) is 1. The summed E-state index contributed by atoms with van der Waals surface area (Å²) in [5.74, 6) is -0.124. The number of anilines is 1. The van der Waals surface area contributed by atoms with Crippen molar-refractivity contribution in [2.45, 2.75) is 31.6 Å². The number of aryl methyl sites for hydroxylation is 1. The summed E-state index contributed by atoms with van der Waals surface area (Å²) in [5.41, 5.74) is 0.719. The quantitative estimate of drug-likeness (QED) is 0.336. The molecule has 3 aromatic rings. The SMILES string of the molecule is CCc1c(C)sc(NC(=O)CSc2nc(-c3ccc(OC)cc3)cc(C(F)(F)F)n2)c1C#N. The minimum Gasteiger partial charge on any atom is -0.497 e. The molecule has 2 heterocycles. The molecule has 172 valence electrons. The Kier molecular flexibility index (Phi) is 7.61. The summed E-state index contributed by atoms with van der Waals surface area (Å²) in [6, 6.07) is 9.39. The number of rotatable bonds is 7. The highest BCUT2D eigenvalue weighted by molar-refractivity contribution is 7.99. The molecule has 1 amide bonds. The molecule has 0 bridgehead atoms. The third-order valence-corrected chi connectivity index (χ3v) is 6.55. The molecule has 1 N–H and O–H groups in total. The van der Waals surface area contributed by atoms with E-state index < -0.39 is 17.8 Å². The molecule has 0 saturated carbocycles. The summed E-state index contributed by atoms with van der Waals surface area (Å²) < 4.78 is 45.3. The Morgan fingerprint density at radius 3 is 2.55 bits per heavy atom. The van der Waals surface area contributed by atoms with E-state index in [1.54, 1.807) is 24.3 Å². The molecule has 0 radical (unpaired) electrons. The minimum absolute atomic E-state index is 0.0797. The van der Waals surface area contributed by atoms with Crippen molar-refractivity contribution in [2.75, 3.05) is 18.2 Å². The number of hydrogen-bond acceptors (Lipinski definition) is 7. The lowest BCUT2D eigenvalue weighted by Crippen LogP contribution is -2.15. The molecular formula is C22H19F3N4O2S2. The van der Waals surface area contributed by atoms with Crippen LogP contribution in [0.25, 0.3) is 11.3 Å². The third-order valence-electron chi connectivity index (χ3n) is 4.64. The molecule has 3 rings (SSSR count). The van der Waals surface area contributed by atoms with E-state index in [0.29, 0.717) is 28.3 Å². The largest absolute Gasteiger partial charge is 0.497 e. The molecule has 11 heteroatoms. The molecule has 1 aromatic carbocycles. The number of nitrogens with zero attached hydrogens (tertiary/aromatic N) is 3. The van der Waals surface area contributed by atoms with Gasteiger partial charge in [-0.25, -0.2) is 9.97 Å². The van der Waals surface area contributed by atoms with Gasteiger partial charge in [-0.2, -0.15) is 18.4 Å². The summed E-state index contributed by atoms with van der Waals surface area (Å²) >= 11 is 2.08. The van der Waals surface area contributed by atoms with E-state index in [-0.39, 0.29) is 16.6 Å². The minimum atomic E-state index is -4.67. The Morgan fingerprint density at radius 2 is 1.97 bits per heavy atom. The fourth-order valence-corrected chi connectivity index (χ4v) is 4.82. The number of carbonyl (C=O) groups excluding carboxylic acids is 1. The number of nitrogens with one attached hydrogen (secondary N) is 1. The zero-order valence-corrected chi connectivity index (χ0v) is 19.5. The van der Waals surface area contributed by atoms with Gasteiger partial charge in [-0.3, -0.25) is 4.79 Å². The Labute approximate surface area is 196 Å². The second-order valence-corrected chi connectivity index (χ2v) is 8.96. The second kappa shape index (κ2) is 10.2. The first-order valence-electron chi connectivity index (χ1n) is 9.72. The summed E-state index contributed by atoms with van der Waals surface area (Å²) in [4.78, 5) is 21.2. The van der Waals surface area contributed by atoms with Crippen LogP contribution in [0.5, 0.6) is 5.75 Å². The monoisotopic (exact) mass is 492 g/mol. The molecule has 0 fully saturated rings. The number of aromatic nitrogens is 2. The van der Waals surface area contributed by atoms with E-state index in [1.807, 2.05) is 13.8 Å². The van der Waals surface area contributed by atoms with Gasteiger partial charge in [0.1, 0.15) is 22.5 Å². The smallest absolute Gasteiger partial charge is 0.433 e. The van der Waals surface area contributed by atoms with Crippen molar-refractivity contribution in [3.63, 3.8) is 0 Å². The van der Waals surface area contributed by atoms with Crippen molar-refractivity contribution in [3.05, 3.63) is 52.0 Å². The van der Waals surface area contributed by atoms with Crippen LogP contribution in [0, 0.1) is 18.3 Å². The normalized spacial score (nSPS) is 11.2. The highest BCUT2D eigenvalue weighted by atomic mass is 32.2. The van der Waals surface area contributed by atoms with E-state index in [0.717, 1.165) is 28.3 Å². The molecule has 0 aliphatic carbocycles. The van der Waals surface area contributed by atoms with Gasteiger partial charge in [0.2, 0.25) is 5.91 Å². The summed E-state index contributed by atoms with van der Waals surface area (Å²) in [5, 5.41) is 12.3. The number of hydrogen-bond donors (Lipinski definition) is 1. The van der Waals surface area contributed by atoms with Gasteiger partial charge >= 0.3 is 6.18 Å². The molecule has 0 saturated heterocycles. The van der Waals surface area contributed by atoms with E-state index >= 15 is 0 Å². The Bertz CT molecular complexity index is 1200. The number of thioether (sulfide) groups is 1. The van der Waals surface area contributed by atoms with Gasteiger partial charge in [-0.15, -0.1) is 11.3 Å². The maximum atomic E-state index is 13.4. The number of thiophene rings is 1. The van der Waals surface area contributed by atoms with Crippen molar-refractivity contribution in [3.8, 4) is 23.1 Å². The lowest BCUT2D eigenvalue weighted by Gasteiger charge is -2.11. The van der Waals surface area contributed by atoms with Crippen LogP contribution in [0.1, 0.15) is 28.6 Å². The molecule has 6 nitrogen and oxygen atoms in total. The van der Waals surface area contributed by atoms with Crippen molar-refractivity contribution in [2.24, 2.45) is 0 Å².